The van der Waals surface area contributed by atoms with E-state index < -0.39 is 0 Å². The summed E-state index contributed by atoms with van der Waals surface area (Å²) in [5.74, 6) is 0. The van der Waals surface area contributed by atoms with E-state index in [1.54, 1.807) is 0 Å². The van der Waals surface area contributed by atoms with Crippen LogP contribution in [0.1, 0.15) is 45.4 Å². The molecule has 1 N–H and O–H groups in total. The Hall–Kier alpha value is -2.13. The van der Waals surface area contributed by atoms with E-state index >= 15 is 0 Å². The lowest BCUT2D eigenvalue weighted by Gasteiger charge is -2.52. The number of anilines is 1. The van der Waals surface area contributed by atoms with Gasteiger partial charge in [-0.2, -0.15) is 10.2 Å². The van der Waals surface area contributed by atoms with Crippen LogP contribution >= 0.6 is 11.6 Å². The minimum absolute atomic E-state index is 0.0778. The van der Waals surface area contributed by atoms with Gasteiger partial charge in [0.2, 0.25) is 0 Å². The fourth-order valence-corrected chi connectivity index (χ4v) is 7.35. The molecule has 3 aliphatic carbocycles. The SMILES string of the molecule is CC1(N2CCN(c3cc4c(cnn4-c4cnn(C56CCC(CO)(CC5)CC6)c4)cc3Cl)CC2)COC1. The van der Waals surface area contributed by atoms with Crippen LogP contribution < -0.4 is 4.90 Å². The number of aliphatic hydroxyl groups is 1. The zero-order valence-corrected chi connectivity index (χ0v) is 21.8. The van der Waals surface area contributed by atoms with Gasteiger partial charge in [-0.3, -0.25) is 9.58 Å². The first-order valence-electron chi connectivity index (χ1n) is 13.3. The van der Waals surface area contributed by atoms with Gasteiger partial charge in [-0.05, 0) is 63.0 Å². The highest BCUT2D eigenvalue weighted by Crippen LogP contribution is 2.55. The van der Waals surface area contributed by atoms with Gasteiger partial charge < -0.3 is 14.7 Å². The third kappa shape index (κ3) is 3.45. The second-order valence-electron chi connectivity index (χ2n) is 11.9. The predicted molar refractivity (Wildman–Crippen MR) is 140 cm³/mol. The molecule has 36 heavy (non-hydrogen) atoms. The fourth-order valence-electron chi connectivity index (χ4n) is 7.06. The molecule has 0 unspecified atom stereocenters. The topological polar surface area (TPSA) is 71.6 Å². The van der Waals surface area contributed by atoms with E-state index in [9.17, 15) is 5.11 Å². The van der Waals surface area contributed by atoms with Crippen molar-refractivity contribution in [2.45, 2.75) is 56.5 Å². The van der Waals surface area contributed by atoms with Gasteiger partial charge in [0.05, 0.1) is 59.1 Å². The highest BCUT2D eigenvalue weighted by molar-refractivity contribution is 6.34. The molecule has 192 valence electrons. The number of benzene rings is 1. The zero-order valence-electron chi connectivity index (χ0n) is 21.0. The third-order valence-corrected chi connectivity index (χ3v) is 10.1. The van der Waals surface area contributed by atoms with Crippen molar-refractivity contribution in [2.75, 3.05) is 50.9 Å². The number of hydrogen-bond acceptors (Lipinski definition) is 6. The summed E-state index contributed by atoms with van der Waals surface area (Å²) < 4.78 is 9.67. The minimum atomic E-state index is 0.0778. The van der Waals surface area contributed by atoms with Gasteiger partial charge >= 0.3 is 0 Å². The van der Waals surface area contributed by atoms with Crippen molar-refractivity contribution in [3.8, 4) is 5.69 Å². The van der Waals surface area contributed by atoms with Crippen LogP contribution in [0.25, 0.3) is 16.6 Å². The number of aliphatic hydroxyl groups excluding tert-OH is 1. The Labute approximate surface area is 216 Å². The molecule has 5 aliphatic rings. The van der Waals surface area contributed by atoms with E-state index in [-0.39, 0.29) is 16.5 Å². The third-order valence-electron chi connectivity index (χ3n) is 9.84. The van der Waals surface area contributed by atoms with Gasteiger partial charge in [0.1, 0.15) is 5.69 Å². The maximum atomic E-state index is 9.89. The highest BCUT2D eigenvalue weighted by Gasteiger charge is 2.49. The summed E-state index contributed by atoms with van der Waals surface area (Å²) in [6.45, 7) is 8.20. The first-order chi connectivity index (χ1) is 17.4. The first-order valence-corrected chi connectivity index (χ1v) is 13.7. The number of fused-ring (bicyclic) bond motifs is 4. The highest BCUT2D eigenvalue weighted by atomic mass is 35.5. The smallest absolute Gasteiger partial charge is 0.103 e. The molecule has 2 aromatic heterocycles. The molecule has 0 atom stereocenters. The van der Waals surface area contributed by atoms with Crippen molar-refractivity contribution in [2.24, 2.45) is 5.41 Å². The van der Waals surface area contributed by atoms with Crippen LogP contribution in [0.3, 0.4) is 0 Å². The number of halogens is 1. The average Bonchev–Trinajstić information content (AvgIpc) is 3.55. The molecule has 2 saturated heterocycles. The summed E-state index contributed by atoms with van der Waals surface area (Å²) in [7, 11) is 0. The van der Waals surface area contributed by atoms with Gasteiger partial charge in [-0.25, -0.2) is 4.68 Å². The summed E-state index contributed by atoms with van der Waals surface area (Å²) in [5, 5.41) is 21.3. The van der Waals surface area contributed by atoms with Crippen molar-refractivity contribution in [1.82, 2.24) is 24.5 Å². The molecule has 3 aromatic rings. The summed E-state index contributed by atoms with van der Waals surface area (Å²) in [5.41, 5.74) is 3.54. The first kappa shape index (κ1) is 23.0. The summed E-state index contributed by atoms with van der Waals surface area (Å²) in [4.78, 5) is 4.96. The zero-order chi connectivity index (χ0) is 24.5. The lowest BCUT2D eigenvalue weighted by molar-refractivity contribution is -0.131. The van der Waals surface area contributed by atoms with Gasteiger partial charge in [-0.1, -0.05) is 11.6 Å². The van der Waals surface area contributed by atoms with Crippen LogP contribution in [-0.2, 0) is 10.3 Å². The molecule has 2 aliphatic heterocycles. The molecule has 8 nitrogen and oxygen atoms in total. The number of ether oxygens (including phenoxy) is 1. The van der Waals surface area contributed by atoms with E-state index in [1.165, 1.54) is 0 Å². The van der Waals surface area contributed by atoms with E-state index in [0.717, 1.165) is 105 Å². The molecule has 5 fully saturated rings. The molecule has 1 aromatic carbocycles. The largest absolute Gasteiger partial charge is 0.396 e. The lowest BCUT2D eigenvalue weighted by Crippen LogP contribution is -2.64. The van der Waals surface area contributed by atoms with Gasteiger partial charge in [0, 0.05) is 38.2 Å². The predicted octanol–water partition coefficient (Wildman–Crippen LogP) is 3.83. The maximum Gasteiger partial charge on any atom is 0.103 e. The van der Waals surface area contributed by atoms with E-state index in [2.05, 4.69) is 33.7 Å². The van der Waals surface area contributed by atoms with Crippen LogP contribution in [0.2, 0.25) is 5.02 Å². The molecule has 0 amide bonds. The van der Waals surface area contributed by atoms with Crippen LogP contribution in [0.4, 0.5) is 5.69 Å². The molecule has 2 bridgehead atoms. The van der Waals surface area contributed by atoms with Crippen LogP contribution in [-0.4, -0.2) is 81.1 Å². The van der Waals surface area contributed by atoms with E-state index in [1.807, 2.05) is 23.1 Å². The van der Waals surface area contributed by atoms with Gasteiger partial charge in [0.25, 0.3) is 0 Å². The Morgan fingerprint density at radius 1 is 0.972 bits per heavy atom. The second kappa shape index (κ2) is 8.18. The number of piperazine rings is 1. The molecular formula is C27H35ClN6O2. The Morgan fingerprint density at radius 3 is 2.33 bits per heavy atom. The van der Waals surface area contributed by atoms with Crippen LogP contribution in [0.5, 0.6) is 0 Å². The quantitative estimate of drug-likeness (QED) is 0.562. The molecule has 4 heterocycles. The molecule has 0 spiro atoms. The molecular weight excluding hydrogens is 476 g/mol. The van der Waals surface area contributed by atoms with Gasteiger partial charge in [0.15, 0.2) is 0 Å². The van der Waals surface area contributed by atoms with Crippen LogP contribution in [0, 0.1) is 5.41 Å². The standard InChI is InChI=1S/C27H35ClN6O2/c1-25(18-36-19-25)32-10-8-31(9-11-32)24-13-23-20(12-22(24)28)14-30-34(23)21-15-29-33(16-21)27-5-2-26(17-35,3-6-27)4-7-27/h12-16,35H,2-11,17-19H2,1H3. The minimum Gasteiger partial charge on any atom is -0.396 e. The van der Waals surface area contributed by atoms with Crippen molar-refractivity contribution in [3.63, 3.8) is 0 Å². The Kier molecular flexibility index (Phi) is 5.23. The average molecular weight is 511 g/mol. The van der Waals surface area contributed by atoms with Crippen molar-refractivity contribution >= 4 is 28.2 Å². The van der Waals surface area contributed by atoms with E-state index in [4.69, 9.17) is 26.5 Å². The molecule has 0 radical (unpaired) electrons. The second-order valence-corrected chi connectivity index (χ2v) is 12.3. The monoisotopic (exact) mass is 510 g/mol. The Balaban J connectivity index is 1.15. The molecule has 3 saturated carbocycles. The van der Waals surface area contributed by atoms with E-state index in [0.29, 0.717) is 6.61 Å². The van der Waals surface area contributed by atoms with Crippen molar-refractivity contribution < 1.29 is 9.84 Å². The molecule has 9 heteroatoms. The number of aromatic nitrogens is 4. The Morgan fingerprint density at radius 2 is 1.69 bits per heavy atom. The number of rotatable bonds is 5. The van der Waals surface area contributed by atoms with Gasteiger partial charge in [-0.15, -0.1) is 0 Å². The lowest BCUT2D eigenvalue weighted by atomic mass is 9.57. The summed E-state index contributed by atoms with van der Waals surface area (Å²) in [6.07, 6.45) is 12.5. The maximum absolute atomic E-state index is 9.89. The fraction of sp³-hybridized carbons (Fsp3) is 0.630. The van der Waals surface area contributed by atoms with Crippen LogP contribution in [0.15, 0.2) is 30.7 Å². The van der Waals surface area contributed by atoms with Crippen molar-refractivity contribution in [3.05, 3.63) is 35.7 Å². The normalized spacial score (nSPS) is 30.1. The number of nitrogens with zero attached hydrogens (tertiary/aromatic N) is 6. The summed E-state index contributed by atoms with van der Waals surface area (Å²) in [6, 6.07) is 4.24. The summed E-state index contributed by atoms with van der Waals surface area (Å²) >= 11 is 6.78. The molecule has 8 rings (SSSR count). The van der Waals surface area contributed by atoms with Crippen molar-refractivity contribution in [1.29, 1.82) is 0 Å². The Bertz CT molecular complexity index is 1260. The number of hydrogen-bond donors (Lipinski definition) is 1.